The Morgan fingerprint density at radius 2 is 1.67 bits per heavy atom. The van der Waals surface area contributed by atoms with Crippen LogP contribution in [0, 0.1) is 13.8 Å². The molecule has 0 amide bonds. The van der Waals surface area contributed by atoms with Gasteiger partial charge in [-0.1, -0.05) is 43.3 Å². The first-order chi connectivity index (χ1) is 10.0. The van der Waals surface area contributed by atoms with Crippen molar-refractivity contribution in [1.29, 1.82) is 0 Å². The highest BCUT2D eigenvalue weighted by molar-refractivity contribution is 7.99. The predicted octanol–water partition coefficient (Wildman–Crippen LogP) is 6.10. The highest BCUT2D eigenvalue weighted by Gasteiger charge is 2.13. The molecule has 0 nitrogen and oxygen atoms in total. The van der Waals surface area contributed by atoms with Gasteiger partial charge < -0.3 is 0 Å². The maximum absolute atomic E-state index is 4.78. The van der Waals surface area contributed by atoms with E-state index in [1.165, 1.54) is 21.6 Å². The van der Waals surface area contributed by atoms with Crippen LogP contribution in [0.15, 0.2) is 47.4 Å². The Morgan fingerprint density at radius 3 is 2.29 bits per heavy atom. The Balaban J connectivity index is 2.60. The van der Waals surface area contributed by atoms with Gasteiger partial charge in [0, 0.05) is 20.3 Å². The van der Waals surface area contributed by atoms with Crippen molar-refractivity contribution in [2.75, 3.05) is 5.75 Å². The van der Waals surface area contributed by atoms with Crippen LogP contribution in [0.3, 0.4) is 0 Å². The molecule has 0 heterocycles. The molecule has 0 saturated heterocycles. The number of thiol groups is 2. The molecule has 0 aliphatic rings. The summed E-state index contributed by atoms with van der Waals surface area (Å²) in [5.74, 6) is 1.05. The van der Waals surface area contributed by atoms with Gasteiger partial charge in [0.05, 0.1) is 0 Å². The zero-order valence-corrected chi connectivity index (χ0v) is 15.2. The van der Waals surface area contributed by atoms with Gasteiger partial charge in [-0.05, 0) is 42.4 Å². The number of rotatable bonds is 4. The number of hydrogen-bond donors (Lipinski definition) is 2. The molecule has 0 aromatic heterocycles. The lowest BCUT2D eigenvalue weighted by Crippen LogP contribution is -1.93. The van der Waals surface area contributed by atoms with Crippen LogP contribution in [-0.4, -0.2) is 5.75 Å². The number of hydrogen-bond acceptors (Lipinski definition) is 3. The van der Waals surface area contributed by atoms with E-state index in [4.69, 9.17) is 25.3 Å². The number of thioether (sulfide) groups is 1. The smallest absolute Gasteiger partial charge is 0.0267 e. The molecule has 0 bridgehead atoms. The van der Waals surface area contributed by atoms with E-state index in [2.05, 4.69) is 45.0 Å². The second kappa shape index (κ2) is 7.48. The summed E-state index contributed by atoms with van der Waals surface area (Å²) in [6.45, 7) is 6.45. The van der Waals surface area contributed by atoms with E-state index >= 15 is 0 Å². The third kappa shape index (κ3) is 3.91. The monoisotopic (exact) mass is 332 g/mol. The summed E-state index contributed by atoms with van der Waals surface area (Å²) >= 11 is 11.3. The molecule has 0 saturated carbocycles. The minimum Gasteiger partial charge on any atom is -0.142 e. The third-order valence-electron chi connectivity index (χ3n) is 3.25. The Morgan fingerprint density at radius 1 is 1.00 bits per heavy atom. The fourth-order valence-electron chi connectivity index (χ4n) is 2.35. The number of aryl methyl sites for hydroxylation is 2. The fraction of sp³-hybridized carbons (Fsp3) is 0.222. The molecule has 0 fully saturated rings. The average molecular weight is 333 g/mol. The largest absolute Gasteiger partial charge is 0.142 e. The summed E-state index contributed by atoms with van der Waals surface area (Å²) < 4.78 is 0. The van der Waals surface area contributed by atoms with Crippen LogP contribution in [0.25, 0.3) is 9.81 Å². The van der Waals surface area contributed by atoms with E-state index in [1.807, 2.05) is 30.0 Å². The van der Waals surface area contributed by atoms with Gasteiger partial charge in [0.1, 0.15) is 0 Å². The van der Waals surface area contributed by atoms with E-state index in [0.717, 1.165) is 21.1 Å². The van der Waals surface area contributed by atoms with Gasteiger partial charge in [0.2, 0.25) is 0 Å². The summed E-state index contributed by atoms with van der Waals surface area (Å²) in [6.07, 6.45) is 0. The van der Waals surface area contributed by atoms with Crippen molar-refractivity contribution < 1.29 is 0 Å². The first kappa shape index (κ1) is 16.6. The Labute approximate surface area is 142 Å². The Kier molecular flexibility index (Phi) is 5.91. The van der Waals surface area contributed by atoms with E-state index in [0.29, 0.717) is 0 Å². The zero-order valence-electron chi connectivity index (χ0n) is 12.6. The molecular weight excluding hydrogens is 312 g/mol. The van der Waals surface area contributed by atoms with Crippen molar-refractivity contribution in [2.45, 2.75) is 25.7 Å². The van der Waals surface area contributed by atoms with Crippen LogP contribution in [0.4, 0.5) is 0 Å². The predicted molar refractivity (Wildman–Crippen MR) is 104 cm³/mol. The van der Waals surface area contributed by atoms with Crippen molar-refractivity contribution in [3.8, 4) is 0 Å². The van der Waals surface area contributed by atoms with Crippen molar-refractivity contribution in [3.63, 3.8) is 0 Å². The molecule has 0 unspecified atom stereocenters. The van der Waals surface area contributed by atoms with Crippen LogP contribution < -0.4 is 0 Å². The molecule has 2 aromatic carbocycles. The standard InChI is InChI=1S/C18H20S3/c1-4-21-15-11-12(2)10-13(3)16(15)18(20)17(19)14-8-6-5-7-9-14/h5-11,19-20H,4H2,1-3H3/b18-17-. The van der Waals surface area contributed by atoms with E-state index < -0.39 is 0 Å². The first-order valence-electron chi connectivity index (χ1n) is 6.96. The van der Waals surface area contributed by atoms with Gasteiger partial charge in [-0.15, -0.1) is 37.0 Å². The van der Waals surface area contributed by atoms with E-state index in [-0.39, 0.29) is 0 Å². The van der Waals surface area contributed by atoms with E-state index in [1.54, 1.807) is 0 Å². The summed E-state index contributed by atoms with van der Waals surface area (Å²) in [5, 5.41) is 0. The average Bonchev–Trinajstić information content (AvgIpc) is 2.46. The van der Waals surface area contributed by atoms with Crippen LogP contribution in [0.1, 0.15) is 29.2 Å². The van der Waals surface area contributed by atoms with Gasteiger partial charge in [0.15, 0.2) is 0 Å². The molecular formula is C18H20S3. The zero-order chi connectivity index (χ0) is 15.4. The molecule has 0 atom stereocenters. The van der Waals surface area contributed by atoms with Gasteiger partial charge in [-0.25, -0.2) is 0 Å². The minimum atomic E-state index is 0.920. The quantitative estimate of drug-likeness (QED) is 0.387. The molecule has 0 radical (unpaired) electrons. The maximum Gasteiger partial charge on any atom is 0.0267 e. The fourth-order valence-corrected chi connectivity index (χ4v) is 4.10. The minimum absolute atomic E-state index is 0.920. The SMILES string of the molecule is CCSc1cc(C)cc(C)c1/C(S)=C(/S)c1ccccc1. The van der Waals surface area contributed by atoms with Crippen LogP contribution >= 0.6 is 37.0 Å². The first-order valence-corrected chi connectivity index (χ1v) is 8.84. The summed E-state index contributed by atoms with van der Waals surface area (Å²) in [7, 11) is 0. The molecule has 0 N–H and O–H groups in total. The lowest BCUT2D eigenvalue weighted by molar-refractivity contribution is 1.26. The van der Waals surface area contributed by atoms with Crippen LogP contribution in [0.2, 0.25) is 0 Å². The normalized spacial score (nSPS) is 12.2. The highest BCUT2D eigenvalue weighted by atomic mass is 32.2. The molecule has 0 aliphatic heterocycles. The van der Waals surface area contributed by atoms with Gasteiger partial charge in [-0.2, -0.15) is 0 Å². The third-order valence-corrected chi connectivity index (χ3v) is 5.28. The molecule has 0 spiro atoms. The summed E-state index contributed by atoms with van der Waals surface area (Å²) in [5.41, 5.74) is 4.83. The molecule has 21 heavy (non-hydrogen) atoms. The molecule has 2 aromatic rings. The second-order valence-electron chi connectivity index (χ2n) is 4.95. The van der Waals surface area contributed by atoms with Gasteiger partial charge >= 0.3 is 0 Å². The molecule has 3 heteroatoms. The topological polar surface area (TPSA) is 0 Å². The maximum atomic E-state index is 4.78. The lowest BCUT2D eigenvalue weighted by Gasteiger charge is -2.15. The van der Waals surface area contributed by atoms with E-state index in [9.17, 15) is 0 Å². The molecule has 110 valence electrons. The van der Waals surface area contributed by atoms with Crippen molar-refractivity contribution in [2.24, 2.45) is 0 Å². The van der Waals surface area contributed by atoms with Crippen molar-refractivity contribution in [1.82, 2.24) is 0 Å². The summed E-state index contributed by atoms with van der Waals surface area (Å²) in [4.78, 5) is 3.14. The van der Waals surface area contributed by atoms with Crippen molar-refractivity contribution >= 4 is 46.8 Å². The molecule has 0 aliphatic carbocycles. The Hall–Kier alpha value is -0.770. The lowest BCUT2D eigenvalue weighted by atomic mass is 10.0. The van der Waals surface area contributed by atoms with Crippen LogP contribution in [-0.2, 0) is 0 Å². The second-order valence-corrected chi connectivity index (χ2v) is 7.15. The molecule has 2 rings (SSSR count). The highest BCUT2D eigenvalue weighted by Crippen LogP contribution is 2.39. The van der Waals surface area contributed by atoms with Crippen molar-refractivity contribution in [3.05, 3.63) is 64.7 Å². The Bertz CT molecular complexity index is 658. The van der Waals surface area contributed by atoms with Gasteiger partial charge in [0.25, 0.3) is 0 Å². The number of benzene rings is 2. The van der Waals surface area contributed by atoms with Gasteiger partial charge in [-0.3, -0.25) is 0 Å². The summed E-state index contributed by atoms with van der Waals surface area (Å²) in [6, 6.07) is 14.6. The van der Waals surface area contributed by atoms with Crippen LogP contribution in [0.5, 0.6) is 0 Å².